The van der Waals surface area contributed by atoms with Crippen LogP contribution < -0.4 is 11.1 Å². The second-order valence-electron chi connectivity index (χ2n) is 5.71. The van der Waals surface area contributed by atoms with Gasteiger partial charge in [-0.25, -0.2) is 0 Å². The van der Waals surface area contributed by atoms with Crippen LogP contribution in [0, 0.1) is 19.3 Å². The number of pyridine rings is 1. The lowest BCUT2D eigenvalue weighted by Gasteiger charge is -2.30. The first-order valence-electron chi connectivity index (χ1n) is 6.21. The molecule has 0 saturated carbocycles. The fourth-order valence-electron chi connectivity index (χ4n) is 1.79. The van der Waals surface area contributed by atoms with E-state index >= 15 is 0 Å². The van der Waals surface area contributed by atoms with Crippen molar-refractivity contribution < 1.29 is 4.79 Å². The zero-order valence-electron chi connectivity index (χ0n) is 11.9. The van der Waals surface area contributed by atoms with Gasteiger partial charge in [0.1, 0.15) is 0 Å². The molecule has 1 heterocycles. The molecule has 0 bridgehead atoms. The van der Waals surface area contributed by atoms with Gasteiger partial charge in [0.15, 0.2) is 0 Å². The van der Waals surface area contributed by atoms with E-state index in [-0.39, 0.29) is 17.4 Å². The molecule has 1 rings (SSSR count). The molecule has 4 heteroatoms. The summed E-state index contributed by atoms with van der Waals surface area (Å²) in [4.78, 5) is 16.5. The third kappa shape index (κ3) is 3.53. The molecule has 1 aromatic heterocycles. The van der Waals surface area contributed by atoms with Crippen molar-refractivity contribution >= 4 is 5.91 Å². The van der Waals surface area contributed by atoms with E-state index in [4.69, 9.17) is 5.73 Å². The zero-order chi connectivity index (χ0) is 13.9. The number of hydrogen-bond acceptors (Lipinski definition) is 3. The maximum absolute atomic E-state index is 12.2. The number of nitrogens with zero attached hydrogens (tertiary/aromatic N) is 1. The first-order chi connectivity index (χ1) is 8.25. The second kappa shape index (κ2) is 5.48. The van der Waals surface area contributed by atoms with Gasteiger partial charge in [0.05, 0.1) is 11.3 Å². The Bertz CT molecular complexity index is 435. The summed E-state index contributed by atoms with van der Waals surface area (Å²) in [5.41, 5.74) is 7.93. The Morgan fingerprint density at radius 1 is 1.39 bits per heavy atom. The highest BCUT2D eigenvalue weighted by Gasteiger charge is 2.25. The Kier molecular flexibility index (Phi) is 4.46. The second-order valence-corrected chi connectivity index (χ2v) is 5.71. The minimum Gasteiger partial charge on any atom is -0.347 e. The average Bonchev–Trinajstić information content (AvgIpc) is 2.23. The lowest BCUT2D eigenvalue weighted by atomic mass is 9.86. The maximum Gasteiger partial charge on any atom is 0.253 e. The molecule has 0 radical (unpaired) electrons. The number of carbonyl (C=O) groups excluding carboxylic acids is 1. The van der Waals surface area contributed by atoms with Crippen molar-refractivity contribution in [2.24, 2.45) is 11.1 Å². The van der Waals surface area contributed by atoms with E-state index in [1.807, 2.05) is 26.0 Å². The normalized spacial score (nSPS) is 13.2. The van der Waals surface area contributed by atoms with Crippen LogP contribution in [0.3, 0.4) is 0 Å². The van der Waals surface area contributed by atoms with Gasteiger partial charge in [-0.2, -0.15) is 0 Å². The zero-order valence-corrected chi connectivity index (χ0v) is 11.9. The van der Waals surface area contributed by atoms with Crippen molar-refractivity contribution in [3.05, 3.63) is 29.1 Å². The van der Waals surface area contributed by atoms with Crippen molar-refractivity contribution in [3.8, 4) is 0 Å². The topological polar surface area (TPSA) is 68.0 Å². The van der Waals surface area contributed by atoms with Gasteiger partial charge in [0, 0.05) is 18.3 Å². The molecule has 0 aliphatic carbocycles. The molecule has 0 fully saturated rings. The van der Waals surface area contributed by atoms with E-state index < -0.39 is 0 Å². The number of carbonyl (C=O) groups is 1. The van der Waals surface area contributed by atoms with Crippen molar-refractivity contribution in [1.29, 1.82) is 0 Å². The standard InChI is InChI=1S/C14H23N3O/c1-9-6-7-11(10(2)16-9)13(18)17-12(8-15)14(3,4)5/h6-7,12H,8,15H2,1-5H3,(H,17,18). The van der Waals surface area contributed by atoms with Crippen LogP contribution in [-0.2, 0) is 0 Å². The SMILES string of the molecule is Cc1ccc(C(=O)NC(CN)C(C)(C)C)c(C)n1. The van der Waals surface area contributed by atoms with Gasteiger partial charge >= 0.3 is 0 Å². The van der Waals surface area contributed by atoms with Crippen molar-refractivity contribution in [2.45, 2.75) is 40.7 Å². The molecule has 0 aromatic carbocycles. The first kappa shape index (κ1) is 14.6. The summed E-state index contributed by atoms with van der Waals surface area (Å²) in [5.74, 6) is -0.106. The molecule has 18 heavy (non-hydrogen) atoms. The predicted molar refractivity (Wildman–Crippen MR) is 73.5 cm³/mol. The predicted octanol–water partition coefficient (Wildman–Crippen LogP) is 1.80. The molecular weight excluding hydrogens is 226 g/mol. The molecule has 0 aliphatic heterocycles. The number of nitrogens with one attached hydrogen (secondary N) is 1. The van der Waals surface area contributed by atoms with Crippen LogP contribution in [0.15, 0.2) is 12.1 Å². The monoisotopic (exact) mass is 249 g/mol. The van der Waals surface area contributed by atoms with E-state index in [2.05, 4.69) is 31.1 Å². The Labute approximate surface area is 109 Å². The van der Waals surface area contributed by atoms with Crippen LogP contribution in [0.5, 0.6) is 0 Å². The molecule has 0 saturated heterocycles. The fraction of sp³-hybridized carbons (Fsp3) is 0.571. The summed E-state index contributed by atoms with van der Waals surface area (Å²) >= 11 is 0. The van der Waals surface area contributed by atoms with E-state index in [1.54, 1.807) is 0 Å². The number of aryl methyl sites for hydroxylation is 2. The number of nitrogens with two attached hydrogens (primary N) is 1. The number of hydrogen-bond donors (Lipinski definition) is 2. The number of aromatic nitrogens is 1. The summed E-state index contributed by atoms with van der Waals surface area (Å²) in [6, 6.07) is 3.60. The molecule has 4 nitrogen and oxygen atoms in total. The molecule has 1 amide bonds. The summed E-state index contributed by atoms with van der Waals surface area (Å²) in [6.07, 6.45) is 0. The highest BCUT2D eigenvalue weighted by atomic mass is 16.1. The average molecular weight is 249 g/mol. The lowest BCUT2D eigenvalue weighted by Crippen LogP contribution is -2.48. The van der Waals surface area contributed by atoms with Gasteiger partial charge in [0.25, 0.3) is 5.91 Å². The lowest BCUT2D eigenvalue weighted by molar-refractivity contribution is 0.0904. The molecule has 100 valence electrons. The third-order valence-corrected chi connectivity index (χ3v) is 3.06. The van der Waals surface area contributed by atoms with Gasteiger partial charge in [0.2, 0.25) is 0 Å². The molecule has 3 N–H and O–H groups in total. The highest BCUT2D eigenvalue weighted by Crippen LogP contribution is 2.19. The Morgan fingerprint density at radius 2 is 2.00 bits per heavy atom. The van der Waals surface area contributed by atoms with Crippen LogP contribution >= 0.6 is 0 Å². The smallest absolute Gasteiger partial charge is 0.253 e. The maximum atomic E-state index is 12.2. The van der Waals surface area contributed by atoms with Crippen LogP contribution in [0.1, 0.15) is 42.5 Å². The van der Waals surface area contributed by atoms with E-state index in [0.29, 0.717) is 12.1 Å². The molecule has 1 unspecified atom stereocenters. The number of amides is 1. The molecule has 0 aliphatic rings. The van der Waals surface area contributed by atoms with Crippen molar-refractivity contribution in [1.82, 2.24) is 10.3 Å². The number of rotatable bonds is 3. The largest absolute Gasteiger partial charge is 0.347 e. The van der Waals surface area contributed by atoms with Gasteiger partial charge in [-0.05, 0) is 31.4 Å². The summed E-state index contributed by atoms with van der Waals surface area (Å²) in [5, 5.41) is 2.98. The van der Waals surface area contributed by atoms with Gasteiger partial charge in [-0.3, -0.25) is 9.78 Å². The van der Waals surface area contributed by atoms with E-state index in [0.717, 1.165) is 11.4 Å². The van der Waals surface area contributed by atoms with Crippen LogP contribution in [-0.4, -0.2) is 23.5 Å². The van der Waals surface area contributed by atoms with E-state index in [9.17, 15) is 4.79 Å². The molecular formula is C14H23N3O. The van der Waals surface area contributed by atoms with Crippen LogP contribution in [0.4, 0.5) is 0 Å². The summed E-state index contributed by atoms with van der Waals surface area (Å²) < 4.78 is 0. The summed E-state index contributed by atoms with van der Waals surface area (Å²) in [6.45, 7) is 10.4. The van der Waals surface area contributed by atoms with Gasteiger partial charge in [-0.15, -0.1) is 0 Å². The fourth-order valence-corrected chi connectivity index (χ4v) is 1.79. The Balaban J connectivity index is 2.88. The van der Waals surface area contributed by atoms with Crippen molar-refractivity contribution in [3.63, 3.8) is 0 Å². The molecule has 0 spiro atoms. The Hall–Kier alpha value is -1.42. The molecule has 1 atom stereocenters. The summed E-state index contributed by atoms with van der Waals surface area (Å²) in [7, 11) is 0. The minimum absolute atomic E-state index is 0.0503. The van der Waals surface area contributed by atoms with E-state index in [1.165, 1.54) is 0 Å². The highest BCUT2D eigenvalue weighted by molar-refractivity contribution is 5.95. The minimum atomic E-state index is -0.106. The van der Waals surface area contributed by atoms with Crippen LogP contribution in [0.25, 0.3) is 0 Å². The van der Waals surface area contributed by atoms with Crippen molar-refractivity contribution in [2.75, 3.05) is 6.54 Å². The first-order valence-corrected chi connectivity index (χ1v) is 6.21. The quantitative estimate of drug-likeness (QED) is 0.858. The van der Waals surface area contributed by atoms with Gasteiger partial charge in [-0.1, -0.05) is 20.8 Å². The third-order valence-electron chi connectivity index (χ3n) is 3.06. The van der Waals surface area contributed by atoms with Crippen LogP contribution in [0.2, 0.25) is 0 Å². The Morgan fingerprint density at radius 3 is 2.44 bits per heavy atom. The molecule has 1 aromatic rings. The van der Waals surface area contributed by atoms with Gasteiger partial charge < -0.3 is 11.1 Å².